The predicted octanol–water partition coefficient (Wildman–Crippen LogP) is 2.84. The molecule has 1 heterocycles. The zero-order valence-corrected chi connectivity index (χ0v) is 11.2. The van der Waals surface area contributed by atoms with Crippen LogP contribution < -0.4 is 5.32 Å². The van der Waals surface area contributed by atoms with E-state index < -0.39 is 17.8 Å². The molecule has 0 amide bonds. The second-order valence-corrected chi connectivity index (χ2v) is 4.75. The molecular weight excluding hydrogens is 261 g/mol. The van der Waals surface area contributed by atoms with Crippen molar-refractivity contribution in [2.24, 2.45) is 0 Å². The number of nitrogens with zero attached hydrogens (tertiary/aromatic N) is 2. The molecule has 1 unspecified atom stereocenters. The molecule has 0 saturated heterocycles. The van der Waals surface area contributed by atoms with E-state index in [-0.39, 0.29) is 6.04 Å². The van der Waals surface area contributed by atoms with E-state index in [1.54, 1.807) is 17.0 Å². The number of carboxylic acids is 1. The highest BCUT2D eigenvalue weighted by molar-refractivity contribution is 5.78. The number of rotatable bonds is 5. The summed E-state index contributed by atoms with van der Waals surface area (Å²) >= 11 is 0. The molecule has 0 aliphatic heterocycles. The number of carboxylic acid groups (broad SMARTS) is 1. The van der Waals surface area contributed by atoms with Gasteiger partial charge >= 0.3 is 5.97 Å². The van der Waals surface area contributed by atoms with Crippen molar-refractivity contribution < 1.29 is 14.3 Å². The Morgan fingerprint density at radius 1 is 1.45 bits per heavy atom. The van der Waals surface area contributed by atoms with Gasteiger partial charge in [-0.05, 0) is 32.0 Å². The number of benzene rings is 1. The van der Waals surface area contributed by atoms with E-state index >= 15 is 0 Å². The van der Waals surface area contributed by atoms with Gasteiger partial charge in [-0.3, -0.25) is 0 Å². The highest BCUT2D eigenvalue weighted by Crippen LogP contribution is 2.22. The lowest BCUT2D eigenvalue weighted by atomic mass is 10.2. The minimum atomic E-state index is -1.04. The van der Waals surface area contributed by atoms with Crippen molar-refractivity contribution in [1.29, 1.82) is 0 Å². The first-order valence-corrected chi connectivity index (χ1v) is 6.25. The van der Waals surface area contributed by atoms with Crippen LogP contribution in [0.4, 0.5) is 10.1 Å². The van der Waals surface area contributed by atoms with E-state index in [1.165, 1.54) is 24.4 Å². The molecule has 0 spiro atoms. The molecule has 1 atom stereocenters. The third kappa shape index (κ3) is 2.96. The van der Waals surface area contributed by atoms with Crippen molar-refractivity contribution in [3.05, 3.63) is 48.3 Å². The normalized spacial score (nSPS) is 12.4. The van der Waals surface area contributed by atoms with Crippen molar-refractivity contribution in [3.63, 3.8) is 0 Å². The number of anilines is 1. The summed E-state index contributed by atoms with van der Waals surface area (Å²) in [6.07, 6.45) is 3.09. The van der Waals surface area contributed by atoms with Gasteiger partial charge in [0.15, 0.2) is 6.04 Å². The molecular formula is C14H16FN3O2. The lowest BCUT2D eigenvalue weighted by Crippen LogP contribution is -2.24. The van der Waals surface area contributed by atoms with Crippen LogP contribution in [0.1, 0.15) is 31.6 Å². The topological polar surface area (TPSA) is 67.2 Å². The number of aromatic nitrogens is 2. The molecule has 1 aromatic heterocycles. The van der Waals surface area contributed by atoms with Crippen LogP contribution in [-0.4, -0.2) is 20.6 Å². The average molecular weight is 277 g/mol. The summed E-state index contributed by atoms with van der Waals surface area (Å²) < 4.78 is 14.9. The molecule has 0 bridgehead atoms. The van der Waals surface area contributed by atoms with Gasteiger partial charge in [0.2, 0.25) is 0 Å². The van der Waals surface area contributed by atoms with Gasteiger partial charge in [-0.2, -0.15) is 0 Å². The van der Waals surface area contributed by atoms with Crippen molar-refractivity contribution in [3.8, 4) is 0 Å². The maximum Gasteiger partial charge on any atom is 0.332 e. The second-order valence-electron chi connectivity index (χ2n) is 4.75. The van der Waals surface area contributed by atoms with Gasteiger partial charge < -0.3 is 15.0 Å². The van der Waals surface area contributed by atoms with Gasteiger partial charge in [-0.1, -0.05) is 6.07 Å². The fourth-order valence-corrected chi connectivity index (χ4v) is 1.98. The molecule has 2 aromatic rings. The number of hydrogen-bond acceptors (Lipinski definition) is 3. The summed E-state index contributed by atoms with van der Waals surface area (Å²) in [7, 11) is 0. The molecule has 6 heteroatoms. The minimum absolute atomic E-state index is 0.0867. The summed E-state index contributed by atoms with van der Waals surface area (Å²) in [4.78, 5) is 15.5. The number of aliphatic carboxylic acids is 1. The fourth-order valence-electron chi connectivity index (χ4n) is 1.98. The molecule has 0 saturated carbocycles. The Balaban J connectivity index is 2.32. The highest BCUT2D eigenvalue weighted by atomic mass is 19.1. The van der Waals surface area contributed by atoms with Crippen LogP contribution in [0.5, 0.6) is 0 Å². The quantitative estimate of drug-likeness (QED) is 0.882. The molecule has 0 radical (unpaired) electrons. The Morgan fingerprint density at radius 2 is 2.20 bits per heavy atom. The molecule has 2 N–H and O–H groups in total. The molecule has 0 aliphatic carbocycles. The SMILES string of the molecule is CC(C)n1cncc1C(Nc1cccc(F)c1)C(=O)O. The minimum Gasteiger partial charge on any atom is -0.479 e. The van der Waals surface area contributed by atoms with Gasteiger partial charge in [-0.25, -0.2) is 14.2 Å². The summed E-state index contributed by atoms with van der Waals surface area (Å²) in [6, 6.07) is 4.81. The van der Waals surface area contributed by atoms with Crippen LogP contribution >= 0.6 is 0 Å². The number of nitrogens with one attached hydrogen (secondary N) is 1. The molecule has 5 nitrogen and oxygen atoms in total. The molecule has 0 aliphatic rings. The summed E-state index contributed by atoms with van der Waals surface area (Å²) in [6.45, 7) is 3.87. The molecule has 106 valence electrons. The van der Waals surface area contributed by atoms with Crippen molar-refractivity contribution in [2.75, 3.05) is 5.32 Å². The molecule has 0 fully saturated rings. The van der Waals surface area contributed by atoms with E-state index in [4.69, 9.17) is 0 Å². The van der Waals surface area contributed by atoms with Crippen LogP contribution in [0.15, 0.2) is 36.8 Å². The lowest BCUT2D eigenvalue weighted by Gasteiger charge is -2.19. The number of imidazole rings is 1. The van der Waals surface area contributed by atoms with Crippen molar-refractivity contribution in [1.82, 2.24) is 9.55 Å². The Labute approximate surface area is 116 Å². The monoisotopic (exact) mass is 277 g/mol. The molecule has 20 heavy (non-hydrogen) atoms. The summed E-state index contributed by atoms with van der Waals surface area (Å²) in [5, 5.41) is 12.2. The standard InChI is InChI=1S/C14H16FN3O2/c1-9(2)18-8-16-7-12(18)13(14(19)20)17-11-5-3-4-10(15)6-11/h3-9,13,17H,1-2H3,(H,19,20). The third-order valence-electron chi connectivity index (χ3n) is 2.93. The van der Waals surface area contributed by atoms with Crippen LogP contribution in [-0.2, 0) is 4.79 Å². The first kappa shape index (κ1) is 14.0. The number of carbonyl (C=O) groups is 1. The highest BCUT2D eigenvalue weighted by Gasteiger charge is 2.24. The maximum atomic E-state index is 13.2. The molecule has 1 aromatic carbocycles. The Kier molecular flexibility index (Phi) is 4.02. The van der Waals surface area contributed by atoms with Crippen molar-refractivity contribution >= 4 is 11.7 Å². The van der Waals surface area contributed by atoms with E-state index in [2.05, 4.69) is 10.3 Å². The Morgan fingerprint density at radius 3 is 2.80 bits per heavy atom. The first-order valence-electron chi connectivity index (χ1n) is 6.25. The van der Waals surface area contributed by atoms with E-state index in [0.717, 1.165) is 0 Å². The lowest BCUT2D eigenvalue weighted by molar-refractivity contribution is -0.138. The van der Waals surface area contributed by atoms with E-state index in [0.29, 0.717) is 11.4 Å². The zero-order valence-electron chi connectivity index (χ0n) is 11.2. The zero-order chi connectivity index (χ0) is 14.7. The molecule has 2 rings (SSSR count). The van der Waals surface area contributed by atoms with E-state index in [9.17, 15) is 14.3 Å². The van der Waals surface area contributed by atoms with E-state index in [1.807, 2.05) is 13.8 Å². The smallest absolute Gasteiger partial charge is 0.332 e. The van der Waals surface area contributed by atoms with Crippen LogP contribution in [0.25, 0.3) is 0 Å². The predicted molar refractivity (Wildman–Crippen MR) is 73.0 cm³/mol. The van der Waals surface area contributed by atoms with Gasteiger partial charge in [0.25, 0.3) is 0 Å². The number of halogens is 1. The van der Waals surface area contributed by atoms with Crippen LogP contribution in [0, 0.1) is 5.82 Å². The number of hydrogen-bond donors (Lipinski definition) is 2. The van der Waals surface area contributed by atoms with Crippen molar-refractivity contribution in [2.45, 2.75) is 25.9 Å². The van der Waals surface area contributed by atoms with Gasteiger partial charge in [0, 0.05) is 11.7 Å². The van der Waals surface area contributed by atoms with Gasteiger partial charge in [-0.15, -0.1) is 0 Å². The van der Waals surface area contributed by atoms with Crippen LogP contribution in [0.2, 0.25) is 0 Å². The average Bonchev–Trinajstić information content (AvgIpc) is 2.84. The van der Waals surface area contributed by atoms with Crippen LogP contribution in [0.3, 0.4) is 0 Å². The van der Waals surface area contributed by atoms with Gasteiger partial charge in [0.05, 0.1) is 18.2 Å². The van der Waals surface area contributed by atoms with Gasteiger partial charge in [0.1, 0.15) is 5.82 Å². The maximum absolute atomic E-state index is 13.2. The largest absolute Gasteiger partial charge is 0.479 e. The summed E-state index contributed by atoms with van der Waals surface area (Å²) in [5.74, 6) is -1.46. The second kappa shape index (κ2) is 5.73. The Hall–Kier alpha value is -2.37. The first-order chi connectivity index (χ1) is 9.49. The fraction of sp³-hybridized carbons (Fsp3) is 0.286. The Bertz CT molecular complexity index is 610. The summed E-state index contributed by atoms with van der Waals surface area (Å²) in [5.41, 5.74) is 0.936. The third-order valence-corrected chi connectivity index (χ3v) is 2.93.